The maximum Gasteiger partial charge on any atom is 0.412 e. The molecular weight excluding hydrogens is 458 g/mol. The van der Waals surface area contributed by atoms with E-state index in [2.05, 4.69) is 15.5 Å². The summed E-state index contributed by atoms with van der Waals surface area (Å²) in [5.41, 5.74) is 3.69. The number of hydrogen-bond acceptors (Lipinski definition) is 6. The number of carbonyl (C=O) groups is 2. The van der Waals surface area contributed by atoms with Gasteiger partial charge in [0.2, 0.25) is 0 Å². The molecule has 0 saturated heterocycles. The van der Waals surface area contributed by atoms with Crippen LogP contribution in [0.3, 0.4) is 0 Å². The Bertz CT molecular complexity index is 1350. The Kier molecular flexibility index (Phi) is 6.60. The fourth-order valence-electron chi connectivity index (χ4n) is 3.41. The average Bonchev–Trinajstić information content (AvgIpc) is 3.19. The third kappa shape index (κ3) is 4.92. The van der Waals surface area contributed by atoms with Gasteiger partial charge < -0.3 is 14.4 Å². The number of benzene rings is 2. The molecule has 34 heavy (non-hydrogen) atoms. The number of anilines is 1. The van der Waals surface area contributed by atoms with Crippen LogP contribution in [0.2, 0.25) is 5.02 Å². The molecule has 0 radical (unpaired) electrons. The normalized spacial score (nSPS) is 11.6. The topological polar surface area (TPSA) is 115 Å². The fraction of sp³-hybridized carbons (Fsp3) is 0.120. The zero-order valence-electron chi connectivity index (χ0n) is 18.3. The molecule has 1 atom stereocenters. The molecule has 4 aromatic rings. The van der Waals surface area contributed by atoms with E-state index >= 15 is 0 Å². The number of pyridine rings is 1. The van der Waals surface area contributed by atoms with Gasteiger partial charge in [0.1, 0.15) is 23.2 Å². The Morgan fingerprint density at radius 1 is 1.06 bits per heavy atom. The molecule has 0 fully saturated rings. The number of amides is 1. The van der Waals surface area contributed by atoms with Crippen LogP contribution >= 0.6 is 11.6 Å². The van der Waals surface area contributed by atoms with Gasteiger partial charge >= 0.3 is 12.1 Å². The fourth-order valence-corrected chi connectivity index (χ4v) is 3.69. The highest BCUT2D eigenvalue weighted by Gasteiger charge is 2.21. The standard InChI is InChI=1S/C25H20ClN3O5/c1-14-22(28-25(32)33-15(2)19-8-3-4-9-20(19)26)23(34-29-14)17-7-5-6-16(12-17)18-10-11-21(24(30)31)27-13-18/h3-13,15H,1-2H3,(H,28,32)(H,30,31). The van der Waals surface area contributed by atoms with Crippen LogP contribution in [-0.2, 0) is 4.74 Å². The summed E-state index contributed by atoms with van der Waals surface area (Å²) in [5, 5.41) is 16.3. The molecule has 1 unspecified atom stereocenters. The minimum Gasteiger partial charge on any atom is -0.477 e. The van der Waals surface area contributed by atoms with Gasteiger partial charge in [-0.05, 0) is 37.6 Å². The van der Waals surface area contributed by atoms with E-state index in [0.29, 0.717) is 33.3 Å². The lowest BCUT2D eigenvalue weighted by molar-refractivity contribution is 0.0690. The maximum atomic E-state index is 12.6. The van der Waals surface area contributed by atoms with Gasteiger partial charge in [-0.15, -0.1) is 0 Å². The second-order valence-electron chi connectivity index (χ2n) is 7.48. The van der Waals surface area contributed by atoms with Crippen LogP contribution in [0, 0.1) is 6.92 Å². The van der Waals surface area contributed by atoms with Crippen molar-refractivity contribution in [3.8, 4) is 22.5 Å². The number of aromatic nitrogens is 2. The third-order valence-electron chi connectivity index (χ3n) is 5.16. The predicted molar refractivity (Wildman–Crippen MR) is 127 cm³/mol. The van der Waals surface area contributed by atoms with Crippen LogP contribution in [0.4, 0.5) is 10.5 Å². The number of ether oxygens (including phenoxy) is 1. The molecule has 1 amide bonds. The number of nitrogens with zero attached hydrogens (tertiary/aromatic N) is 2. The van der Waals surface area contributed by atoms with Crippen LogP contribution in [0.25, 0.3) is 22.5 Å². The van der Waals surface area contributed by atoms with Crippen molar-refractivity contribution in [3.63, 3.8) is 0 Å². The first-order valence-corrected chi connectivity index (χ1v) is 10.7. The second kappa shape index (κ2) is 9.76. The highest BCUT2D eigenvalue weighted by molar-refractivity contribution is 6.31. The van der Waals surface area contributed by atoms with Crippen LogP contribution in [0.1, 0.15) is 34.8 Å². The largest absolute Gasteiger partial charge is 0.477 e. The first-order valence-electron chi connectivity index (χ1n) is 10.3. The van der Waals surface area contributed by atoms with Crippen molar-refractivity contribution in [3.05, 3.63) is 88.8 Å². The zero-order valence-corrected chi connectivity index (χ0v) is 19.0. The van der Waals surface area contributed by atoms with Gasteiger partial charge in [0.15, 0.2) is 5.76 Å². The van der Waals surface area contributed by atoms with Gasteiger partial charge in [-0.3, -0.25) is 5.32 Å². The molecule has 2 aromatic heterocycles. The quantitative estimate of drug-likeness (QED) is 0.331. The molecule has 172 valence electrons. The molecule has 2 N–H and O–H groups in total. The van der Waals surface area contributed by atoms with E-state index in [9.17, 15) is 9.59 Å². The molecule has 0 spiro atoms. The summed E-state index contributed by atoms with van der Waals surface area (Å²) >= 11 is 6.19. The summed E-state index contributed by atoms with van der Waals surface area (Å²) in [7, 11) is 0. The van der Waals surface area contributed by atoms with Crippen LogP contribution in [0.15, 0.2) is 71.4 Å². The van der Waals surface area contributed by atoms with E-state index in [0.717, 1.165) is 11.1 Å². The van der Waals surface area contributed by atoms with Crippen molar-refractivity contribution in [2.24, 2.45) is 0 Å². The van der Waals surface area contributed by atoms with Gasteiger partial charge in [0, 0.05) is 27.9 Å². The molecule has 0 saturated carbocycles. The Morgan fingerprint density at radius 3 is 2.53 bits per heavy atom. The lowest BCUT2D eigenvalue weighted by atomic mass is 10.0. The summed E-state index contributed by atoms with van der Waals surface area (Å²) in [5.74, 6) is -0.735. The van der Waals surface area contributed by atoms with E-state index in [-0.39, 0.29) is 5.69 Å². The van der Waals surface area contributed by atoms with Crippen molar-refractivity contribution in [1.82, 2.24) is 10.1 Å². The Morgan fingerprint density at radius 2 is 1.82 bits per heavy atom. The Hall–Kier alpha value is -4.17. The number of rotatable bonds is 6. The Balaban J connectivity index is 1.56. The predicted octanol–water partition coefficient (Wildman–Crippen LogP) is 6.37. The Labute approximate surface area is 200 Å². The first-order chi connectivity index (χ1) is 16.3. The van der Waals surface area contributed by atoms with Crippen molar-refractivity contribution < 1.29 is 24.0 Å². The van der Waals surface area contributed by atoms with Crippen LogP contribution in [-0.4, -0.2) is 27.3 Å². The minimum atomic E-state index is -1.09. The molecule has 0 aliphatic carbocycles. The number of aryl methyl sites for hydroxylation is 1. The summed E-state index contributed by atoms with van der Waals surface area (Å²) in [6.45, 7) is 3.44. The summed E-state index contributed by atoms with van der Waals surface area (Å²) in [6, 6.07) is 17.6. The van der Waals surface area contributed by atoms with E-state index in [1.165, 1.54) is 12.3 Å². The lowest BCUT2D eigenvalue weighted by Gasteiger charge is -2.15. The SMILES string of the molecule is Cc1noc(-c2cccc(-c3ccc(C(=O)O)nc3)c2)c1NC(=O)OC(C)c1ccccc1Cl. The molecule has 0 bridgehead atoms. The number of carboxylic acid groups (broad SMARTS) is 1. The van der Waals surface area contributed by atoms with Gasteiger partial charge in [-0.25, -0.2) is 14.6 Å². The minimum absolute atomic E-state index is 0.0400. The first kappa shape index (κ1) is 23.0. The molecular formula is C25H20ClN3O5. The monoisotopic (exact) mass is 477 g/mol. The van der Waals surface area contributed by atoms with E-state index < -0.39 is 18.2 Å². The van der Waals surface area contributed by atoms with Crippen molar-refractivity contribution in [2.45, 2.75) is 20.0 Å². The molecule has 2 aromatic carbocycles. The summed E-state index contributed by atoms with van der Waals surface area (Å²) in [4.78, 5) is 27.6. The molecule has 9 heteroatoms. The number of nitrogens with one attached hydrogen (secondary N) is 1. The molecule has 8 nitrogen and oxygen atoms in total. The summed E-state index contributed by atoms with van der Waals surface area (Å²) in [6.07, 6.45) is 0.243. The smallest absolute Gasteiger partial charge is 0.412 e. The highest BCUT2D eigenvalue weighted by atomic mass is 35.5. The second-order valence-corrected chi connectivity index (χ2v) is 7.89. The maximum absolute atomic E-state index is 12.6. The van der Waals surface area contributed by atoms with Crippen LogP contribution in [0.5, 0.6) is 0 Å². The molecule has 0 aliphatic rings. The summed E-state index contributed by atoms with van der Waals surface area (Å²) < 4.78 is 11.0. The molecule has 0 aliphatic heterocycles. The van der Waals surface area contributed by atoms with Crippen molar-refractivity contribution in [1.29, 1.82) is 0 Å². The van der Waals surface area contributed by atoms with Gasteiger partial charge in [-0.2, -0.15) is 0 Å². The van der Waals surface area contributed by atoms with Crippen LogP contribution < -0.4 is 5.32 Å². The van der Waals surface area contributed by atoms with E-state index in [1.807, 2.05) is 30.3 Å². The lowest BCUT2D eigenvalue weighted by Crippen LogP contribution is -2.17. The number of carboxylic acids is 1. The van der Waals surface area contributed by atoms with Crippen molar-refractivity contribution >= 4 is 29.4 Å². The highest BCUT2D eigenvalue weighted by Crippen LogP contribution is 2.34. The molecule has 4 rings (SSSR count). The number of carbonyl (C=O) groups excluding carboxylic acids is 1. The molecule has 2 heterocycles. The van der Waals surface area contributed by atoms with Gasteiger partial charge in [0.05, 0.1) is 0 Å². The van der Waals surface area contributed by atoms with Gasteiger partial charge in [0.25, 0.3) is 0 Å². The number of halogens is 1. The average molecular weight is 478 g/mol. The number of aromatic carboxylic acids is 1. The number of hydrogen-bond donors (Lipinski definition) is 2. The van der Waals surface area contributed by atoms with Crippen molar-refractivity contribution in [2.75, 3.05) is 5.32 Å². The van der Waals surface area contributed by atoms with E-state index in [1.54, 1.807) is 38.1 Å². The van der Waals surface area contributed by atoms with Gasteiger partial charge in [-0.1, -0.05) is 59.2 Å². The third-order valence-corrected chi connectivity index (χ3v) is 5.50. The van der Waals surface area contributed by atoms with E-state index in [4.69, 9.17) is 26.0 Å². The zero-order chi connectivity index (χ0) is 24.2.